The highest BCUT2D eigenvalue weighted by atomic mass is 35.5. The van der Waals surface area contributed by atoms with Gasteiger partial charge in [0.1, 0.15) is 11.8 Å². The van der Waals surface area contributed by atoms with Gasteiger partial charge in [-0.05, 0) is 51.3 Å². The fourth-order valence-corrected chi connectivity index (χ4v) is 7.24. The first-order valence-electron chi connectivity index (χ1n) is 12.1. The molecule has 0 bridgehead atoms. The predicted molar refractivity (Wildman–Crippen MR) is 138 cm³/mol. The number of carbonyl (C=O) groups excluding carboxylic acids is 2. The lowest BCUT2D eigenvalue weighted by Gasteiger charge is -2.36. The van der Waals surface area contributed by atoms with Crippen molar-refractivity contribution < 1.29 is 18.6 Å². The number of nitrogens with zero attached hydrogens (tertiary/aromatic N) is 4. The number of imidazole rings is 1. The van der Waals surface area contributed by atoms with Gasteiger partial charge in [0.05, 0.1) is 21.4 Å². The van der Waals surface area contributed by atoms with Gasteiger partial charge in [-0.2, -0.15) is 0 Å². The molecule has 0 saturated heterocycles. The average molecular weight is 532 g/mol. The van der Waals surface area contributed by atoms with Crippen LogP contribution in [0.1, 0.15) is 66.7 Å². The van der Waals surface area contributed by atoms with Crippen LogP contribution in [0.25, 0.3) is 0 Å². The highest BCUT2D eigenvalue weighted by Gasteiger charge is 2.57. The number of hydrogen-bond donors (Lipinski definition) is 1. The monoisotopic (exact) mass is 531 g/mol. The molecule has 2 aliphatic heterocycles. The molecule has 1 aliphatic carbocycles. The molecule has 1 fully saturated rings. The zero-order valence-corrected chi connectivity index (χ0v) is 22.2. The lowest BCUT2D eigenvalue weighted by molar-refractivity contribution is 0.0616. The molecule has 1 aromatic heterocycles. The van der Waals surface area contributed by atoms with Gasteiger partial charge in [0.2, 0.25) is 0 Å². The number of nitrogens with one attached hydrogen (secondary N) is 1. The van der Waals surface area contributed by atoms with Gasteiger partial charge in [0, 0.05) is 48.4 Å². The second-order valence-corrected chi connectivity index (χ2v) is 13.2. The van der Waals surface area contributed by atoms with E-state index in [0.29, 0.717) is 43.3 Å². The molecule has 0 radical (unpaired) electrons. The van der Waals surface area contributed by atoms with E-state index in [0.717, 1.165) is 24.1 Å². The maximum Gasteiger partial charge on any atom is 0.287 e. The summed E-state index contributed by atoms with van der Waals surface area (Å²) in [5.74, 6) is -0.317. The fraction of sp³-hybridized carbons (Fsp3) is 0.520. The summed E-state index contributed by atoms with van der Waals surface area (Å²) in [6.45, 7) is 7.47. The van der Waals surface area contributed by atoms with E-state index in [2.05, 4.69) is 15.5 Å². The van der Waals surface area contributed by atoms with Crippen molar-refractivity contribution in [2.24, 2.45) is 5.16 Å². The quantitative estimate of drug-likeness (QED) is 0.563. The van der Waals surface area contributed by atoms with Crippen molar-refractivity contribution in [2.45, 2.75) is 68.7 Å². The Labute approximate surface area is 217 Å². The van der Waals surface area contributed by atoms with E-state index in [1.54, 1.807) is 21.6 Å². The van der Waals surface area contributed by atoms with Gasteiger partial charge in [0.25, 0.3) is 11.8 Å². The molecule has 2 atom stereocenters. The molecule has 11 heteroatoms. The van der Waals surface area contributed by atoms with Crippen LogP contribution in [0.5, 0.6) is 0 Å². The molecule has 192 valence electrons. The number of oxime groups is 1. The summed E-state index contributed by atoms with van der Waals surface area (Å²) in [6, 6.07) is 7.22. The third-order valence-electron chi connectivity index (χ3n) is 7.27. The van der Waals surface area contributed by atoms with Gasteiger partial charge in [0.15, 0.2) is 5.82 Å². The molecule has 0 spiro atoms. The molecule has 2 amide bonds. The van der Waals surface area contributed by atoms with E-state index >= 15 is 0 Å². The molecule has 9 nitrogen and oxygen atoms in total. The van der Waals surface area contributed by atoms with Crippen molar-refractivity contribution in [3.63, 3.8) is 0 Å². The summed E-state index contributed by atoms with van der Waals surface area (Å²) >= 11 is 5.91. The third kappa shape index (κ3) is 4.56. The van der Waals surface area contributed by atoms with Gasteiger partial charge in [-0.3, -0.25) is 13.8 Å². The van der Waals surface area contributed by atoms with E-state index in [4.69, 9.17) is 16.4 Å². The van der Waals surface area contributed by atoms with E-state index in [9.17, 15) is 13.8 Å². The summed E-state index contributed by atoms with van der Waals surface area (Å²) in [5, 5.41) is 7.53. The van der Waals surface area contributed by atoms with E-state index in [1.807, 2.05) is 32.9 Å². The fourth-order valence-electron chi connectivity index (χ4n) is 4.89. The van der Waals surface area contributed by atoms with Crippen molar-refractivity contribution >= 4 is 39.9 Å². The second-order valence-electron chi connectivity index (χ2n) is 10.3. The van der Waals surface area contributed by atoms with Crippen LogP contribution in [0.4, 0.5) is 0 Å². The van der Waals surface area contributed by atoms with Gasteiger partial charge in [-0.1, -0.05) is 28.9 Å². The van der Waals surface area contributed by atoms with Crippen LogP contribution in [-0.2, 0) is 28.7 Å². The molecule has 3 heterocycles. The Kier molecular flexibility index (Phi) is 6.45. The summed E-state index contributed by atoms with van der Waals surface area (Å²) in [4.78, 5) is 37.7. The van der Waals surface area contributed by atoms with Crippen LogP contribution < -0.4 is 5.32 Å². The van der Waals surface area contributed by atoms with E-state index < -0.39 is 20.3 Å². The molecule has 3 aliphatic rings. The number of benzene rings is 1. The summed E-state index contributed by atoms with van der Waals surface area (Å²) in [7, 11) is -1.22. The van der Waals surface area contributed by atoms with Gasteiger partial charge >= 0.3 is 0 Å². The molecule has 1 N–H and O–H groups in total. The molecule has 2 aromatic rings. The topological polar surface area (TPSA) is 106 Å². The lowest BCUT2D eigenvalue weighted by Crippen LogP contribution is -2.51. The summed E-state index contributed by atoms with van der Waals surface area (Å²) in [6.07, 6.45) is 3.50. The Morgan fingerprint density at radius 3 is 2.64 bits per heavy atom. The first-order chi connectivity index (χ1) is 17.1. The zero-order chi connectivity index (χ0) is 25.7. The number of halogens is 1. The van der Waals surface area contributed by atoms with Gasteiger partial charge < -0.3 is 19.6 Å². The van der Waals surface area contributed by atoms with Crippen LogP contribution in [-0.4, -0.2) is 64.9 Å². The maximum atomic E-state index is 13.7. The molecular formula is C25H30ClN5O4S. The number of fused-ring (bicyclic) bond motifs is 1. The Hall–Kier alpha value is -2.72. The minimum Gasteiger partial charge on any atom is -0.391 e. The lowest BCUT2D eigenvalue weighted by atomic mass is 10.0. The van der Waals surface area contributed by atoms with Crippen molar-refractivity contribution in [3.8, 4) is 0 Å². The van der Waals surface area contributed by atoms with Crippen LogP contribution in [0, 0.1) is 0 Å². The Balaban J connectivity index is 1.24. The second kappa shape index (κ2) is 9.30. The first kappa shape index (κ1) is 25.0. The summed E-state index contributed by atoms with van der Waals surface area (Å²) in [5.41, 5.74) is 2.19. The highest BCUT2D eigenvalue weighted by Crippen LogP contribution is 2.48. The van der Waals surface area contributed by atoms with Crippen LogP contribution in [0.2, 0.25) is 5.02 Å². The standard InChI is InChI=1S/C25H30ClN5O4S/c1-16-12-20(35-29-16)24(2,3)36(34)25(8-9-25)15-30-10-11-31-19(23(30)33)14-27-21(31)22(32)28-13-17-4-6-18(26)7-5-17/h4-7,14,20H,8-13,15H2,1-3H3,(H,28,32). The minimum absolute atomic E-state index is 0.192. The number of amides is 2. The molecule has 1 aromatic carbocycles. The van der Waals surface area contributed by atoms with E-state index in [1.165, 1.54) is 6.20 Å². The molecule has 2 unspecified atom stereocenters. The Morgan fingerprint density at radius 1 is 1.28 bits per heavy atom. The van der Waals surface area contributed by atoms with Crippen LogP contribution in [0.15, 0.2) is 35.6 Å². The number of hydrogen-bond acceptors (Lipinski definition) is 6. The first-order valence-corrected chi connectivity index (χ1v) is 13.6. The highest BCUT2D eigenvalue weighted by molar-refractivity contribution is 7.88. The summed E-state index contributed by atoms with van der Waals surface area (Å²) < 4.78 is 14.4. The normalized spacial score (nSPS) is 21.4. The van der Waals surface area contributed by atoms with Gasteiger partial charge in [-0.15, -0.1) is 0 Å². The zero-order valence-electron chi connectivity index (χ0n) is 20.6. The van der Waals surface area contributed by atoms with Crippen molar-refractivity contribution in [1.29, 1.82) is 0 Å². The molecular weight excluding hydrogens is 502 g/mol. The minimum atomic E-state index is -1.22. The molecule has 5 rings (SSSR count). The Bertz CT molecular complexity index is 1250. The van der Waals surface area contributed by atoms with Crippen LogP contribution in [0.3, 0.4) is 0 Å². The number of aromatic nitrogens is 2. The van der Waals surface area contributed by atoms with E-state index in [-0.39, 0.29) is 23.7 Å². The van der Waals surface area contributed by atoms with Crippen molar-refractivity contribution in [2.75, 3.05) is 13.1 Å². The number of rotatable bonds is 8. The maximum absolute atomic E-state index is 13.7. The van der Waals surface area contributed by atoms with Gasteiger partial charge in [-0.25, -0.2) is 4.98 Å². The SMILES string of the molecule is CC1=NOC(C(C)(C)S(=O)C2(CN3CCn4c(cnc4C(=O)NCc4ccc(Cl)cc4)C3=O)CC2)C1. The number of carbonyl (C=O) groups is 2. The Morgan fingerprint density at radius 2 is 2.00 bits per heavy atom. The van der Waals surface area contributed by atoms with Crippen molar-refractivity contribution in [3.05, 3.63) is 52.6 Å². The third-order valence-corrected chi connectivity index (χ3v) is 10.1. The smallest absolute Gasteiger partial charge is 0.287 e. The average Bonchev–Trinajstić information content (AvgIpc) is 3.27. The largest absolute Gasteiger partial charge is 0.391 e. The van der Waals surface area contributed by atoms with Crippen molar-refractivity contribution in [1.82, 2.24) is 19.8 Å². The molecule has 1 saturated carbocycles. The van der Waals surface area contributed by atoms with Crippen LogP contribution >= 0.6 is 11.6 Å². The predicted octanol–water partition coefficient (Wildman–Crippen LogP) is 3.15. The molecule has 36 heavy (non-hydrogen) atoms.